The lowest BCUT2D eigenvalue weighted by molar-refractivity contribution is 0.492. The van der Waals surface area contributed by atoms with Gasteiger partial charge in [0.1, 0.15) is 11.5 Å². The minimum absolute atomic E-state index is 0.146. The van der Waals surface area contributed by atoms with Crippen molar-refractivity contribution >= 4 is 0 Å². The van der Waals surface area contributed by atoms with E-state index < -0.39 is 0 Å². The molecule has 1 unspecified atom stereocenters. The summed E-state index contributed by atoms with van der Waals surface area (Å²) in [6.07, 6.45) is 3.43. The van der Waals surface area contributed by atoms with Crippen molar-refractivity contribution in [3.63, 3.8) is 0 Å². The molecule has 0 saturated heterocycles. The average Bonchev–Trinajstić information content (AvgIpc) is 2.38. The molecule has 0 aliphatic carbocycles. The summed E-state index contributed by atoms with van der Waals surface area (Å²) in [5.41, 5.74) is 8.58. The third-order valence-corrected chi connectivity index (χ3v) is 2.86. The minimum atomic E-state index is 0.146. The van der Waals surface area contributed by atoms with Gasteiger partial charge in [-0.3, -0.25) is 0 Å². The molecule has 0 fully saturated rings. The van der Waals surface area contributed by atoms with Gasteiger partial charge in [0.25, 0.3) is 0 Å². The fraction of sp³-hybridized carbons (Fsp3) is 0.667. The number of unbranched alkanes of at least 4 members (excludes halogenated alkanes) is 1. The molecule has 0 saturated carbocycles. The van der Waals surface area contributed by atoms with Crippen LogP contribution in [0.25, 0.3) is 0 Å². The van der Waals surface area contributed by atoms with Crippen molar-refractivity contribution in [3.05, 3.63) is 22.6 Å². The molecular formula is C12H21NO. The van der Waals surface area contributed by atoms with Crippen molar-refractivity contribution in [2.75, 3.05) is 0 Å². The molecule has 0 aliphatic rings. The molecule has 14 heavy (non-hydrogen) atoms. The van der Waals surface area contributed by atoms with E-state index in [4.69, 9.17) is 10.2 Å². The molecule has 1 aromatic rings. The van der Waals surface area contributed by atoms with Gasteiger partial charge in [0, 0.05) is 11.6 Å². The van der Waals surface area contributed by atoms with Crippen molar-refractivity contribution < 1.29 is 4.42 Å². The second kappa shape index (κ2) is 4.65. The van der Waals surface area contributed by atoms with Gasteiger partial charge in [-0.1, -0.05) is 19.8 Å². The van der Waals surface area contributed by atoms with E-state index >= 15 is 0 Å². The van der Waals surface area contributed by atoms with E-state index in [1.807, 2.05) is 13.8 Å². The Hall–Kier alpha value is -0.760. The van der Waals surface area contributed by atoms with Gasteiger partial charge in [0.05, 0.1) is 0 Å². The highest BCUT2D eigenvalue weighted by Crippen LogP contribution is 2.28. The summed E-state index contributed by atoms with van der Waals surface area (Å²) >= 11 is 0. The van der Waals surface area contributed by atoms with Crippen LogP contribution in [0.4, 0.5) is 0 Å². The van der Waals surface area contributed by atoms with Crippen LogP contribution in [0.3, 0.4) is 0 Å². The van der Waals surface area contributed by atoms with E-state index in [1.165, 1.54) is 24.0 Å². The molecule has 2 heteroatoms. The Morgan fingerprint density at radius 3 is 2.29 bits per heavy atom. The largest absolute Gasteiger partial charge is 0.466 e. The second-order valence-corrected chi connectivity index (χ2v) is 4.00. The molecule has 80 valence electrons. The van der Waals surface area contributed by atoms with Crippen LogP contribution in [0.15, 0.2) is 4.42 Å². The van der Waals surface area contributed by atoms with Gasteiger partial charge in [-0.25, -0.2) is 0 Å². The Labute approximate surface area is 86.5 Å². The summed E-state index contributed by atoms with van der Waals surface area (Å²) in [5.74, 6) is 1.99. The SMILES string of the molecule is CCCCC(N)c1c(C)oc(C)c1C. The van der Waals surface area contributed by atoms with Crippen molar-refractivity contribution in [2.45, 2.75) is 53.0 Å². The maximum atomic E-state index is 6.14. The molecule has 2 nitrogen and oxygen atoms in total. The molecule has 0 radical (unpaired) electrons. The van der Waals surface area contributed by atoms with Gasteiger partial charge in [-0.15, -0.1) is 0 Å². The minimum Gasteiger partial charge on any atom is -0.466 e. The topological polar surface area (TPSA) is 39.2 Å². The Balaban J connectivity index is 2.83. The lowest BCUT2D eigenvalue weighted by Gasteiger charge is -2.11. The lowest BCUT2D eigenvalue weighted by atomic mass is 9.98. The Morgan fingerprint density at radius 1 is 1.21 bits per heavy atom. The molecule has 0 amide bonds. The molecular weight excluding hydrogens is 174 g/mol. The van der Waals surface area contributed by atoms with Crippen LogP contribution >= 0.6 is 0 Å². The van der Waals surface area contributed by atoms with Gasteiger partial charge in [-0.05, 0) is 32.8 Å². The quantitative estimate of drug-likeness (QED) is 0.799. The van der Waals surface area contributed by atoms with Crippen LogP contribution in [0.1, 0.15) is 54.9 Å². The summed E-state index contributed by atoms with van der Waals surface area (Å²) in [6.45, 7) is 8.28. The molecule has 0 spiro atoms. The zero-order chi connectivity index (χ0) is 10.7. The van der Waals surface area contributed by atoms with Crippen LogP contribution in [-0.4, -0.2) is 0 Å². The number of furan rings is 1. The highest BCUT2D eigenvalue weighted by molar-refractivity contribution is 5.33. The normalized spacial score (nSPS) is 13.2. The molecule has 1 heterocycles. The van der Waals surface area contributed by atoms with E-state index in [1.54, 1.807) is 0 Å². The van der Waals surface area contributed by atoms with Crippen LogP contribution in [0, 0.1) is 20.8 Å². The lowest BCUT2D eigenvalue weighted by Crippen LogP contribution is -2.11. The van der Waals surface area contributed by atoms with Gasteiger partial charge in [-0.2, -0.15) is 0 Å². The third kappa shape index (κ3) is 2.18. The molecule has 1 rings (SSSR count). The van der Waals surface area contributed by atoms with Crippen LogP contribution in [0.5, 0.6) is 0 Å². The van der Waals surface area contributed by atoms with E-state index in [0.29, 0.717) is 0 Å². The molecule has 1 aromatic heterocycles. The smallest absolute Gasteiger partial charge is 0.106 e. The highest BCUT2D eigenvalue weighted by atomic mass is 16.3. The van der Waals surface area contributed by atoms with Crippen LogP contribution in [-0.2, 0) is 0 Å². The van der Waals surface area contributed by atoms with Crippen molar-refractivity contribution in [1.29, 1.82) is 0 Å². The molecule has 1 atom stereocenters. The number of hydrogen-bond donors (Lipinski definition) is 1. The summed E-state index contributed by atoms with van der Waals surface area (Å²) in [4.78, 5) is 0. The Bertz CT molecular complexity index is 302. The van der Waals surface area contributed by atoms with Crippen LogP contribution < -0.4 is 5.73 Å². The number of hydrogen-bond acceptors (Lipinski definition) is 2. The first kappa shape index (κ1) is 11.3. The van der Waals surface area contributed by atoms with E-state index in [9.17, 15) is 0 Å². The predicted octanol–water partition coefficient (Wildman–Crippen LogP) is 3.39. The first-order chi connectivity index (χ1) is 6.57. The number of aryl methyl sites for hydroxylation is 2. The van der Waals surface area contributed by atoms with Gasteiger partial charge in [0.2, 0.25) is 0 Å². The molecule has 0 aliphatic heterocycles. The fourth-order valence-corrected chi connectivity index (χ4v) is 1.92. The standard InChI is InChI=1S/C12H21NO/c1-5-6-7-11(13)12-8(2)9(3)14-10(12)4/h11H,5-7,13H2,1-4H3. The Morgan fingerprint density at radius 2 is 1.86 bits per heavy atom. The molecule has 2 N–H and O–H groups in total. The van der Waals surface area contributed by atoms with Crippen molar-refractivity contribution in [2.24, 2.45) is 5.73 Å². The van der Waals surface area contributed by atoms with E-state index in [2.05, 4.69) is 13.8 Å². The summed E-state index contributed by atoms with van der Waals surface area (Å²) in [7, 11) is 0. The highest BCUT2D eigenvalue weighted by Gasteiger charge is 2.16. The van der Waals surface area contributed by atoms with Gasteiger partial charge >= 0.3 is 0 Å². The van der Waals surface area contributed by atoms with E-state index in [-0.39, 0.29) is 6.04 Å². The van der Waals surface area contributed by atoms with Crippen molar-refractivity contribution in [1.82, 2.24) is 0 Å². The van der Waals surface area contributed by atoms with Gasteiger partial charge in [0.15, 0.2) is 0 Å². The predicted molar refractivity (Wildman–Crippen MR) is 59.4 cm³/mol. The maximum Gasteiger partial charge on any atom is 0.106 e. The molecule has 0 aromatic carbocycles. The number of nitrogens with two attached hydrogens (primary N) is 1. The van der Waals surface area contributed by atoms with Gasteiger partial charge < -0.3 is 10.2 Å². The van der Waals surface area contributed by atoms with Crippen LogP contribution in [0.2, 0.25) is 0 Å². The third-order valence-electron chi connectivity index (χ3n) is 2.86. The summed E-state index contributed by atoms with van der Waals surface area (Å²) in [5, 5.41) is 0. The maximum absolute atomic E-state index is 6.14. The summed E-state index contributed by atoms with van der Waals surface area (Å²) in [6, 6.07) is 0.146. The average molecular weight is 195 g/mol. The zero-order valence-electron chi connectivity index (χ0n) is 9.68. The zero-order valence-corrected chi connectivity index (χ0v) is 9.68. The monoisotopic (exact) mass is 195 g/mol. The molecule has 0 bridgehead atoms. The number of rotatable bonds is 4. The first-order valence-corrected chi connectivity index (χ1v) is 5.40. The fourth-order valence-electron chi connectivity index (χ4n) is 1.92. The Kier molecular flexibility index (Phi) is 3.76. The summed E-state index contributed by atoms with van der Waals surface area (Å²) < 4.78 is 5.57. The van der Waals surface area contributed by atoms with E-state index in [0.717, 1.165) is 17.9 Å². The second-order valence-electron chi connectivity index (χ2n) is 4.00. The first-order valence-electron chi connectivity index (χ1n) is 5.40. The van der Waals surface area contributed by atoms with Crippen molar-refractivity contribution in [3.8, 4) is 0 Å².